The van der Waals surface area contributed by atoms with E-state index >= 15 is 0 Å². The molecule has 0 fully saturated rings. The van der Waals surface area contributed by atoms with Gasteiger partial charge in [-0.1, -0.05) is 0 Å². The third-order valence-electron chi connectivity index (χ3n) is 2.40. The molecule has 1 aromatic heterocycles. The molecule has 0 spiro atoms. The molecule has 1 heterocycles. The van der Waals surface area contributed by atoms with Gasteiger partial charge in [-0.25, -0.2) is 4.98 Å². The van der Waals surface area contributed by atoms with Crippen LogP contribution < -0.4 is 10.1 Å². The third-order valence-corrected chi connectivity index (χ3v) is 2.40. The number of H-pyrrole nitrogens is 1. The first-order valence-electron chi connectivity index (χ1n) is 5.25. The normalized spacial score (nSPS) is 10.1. The highest BCUT2D eigenvalue weighted by molar-refractivity contribution is 5.60. The zero-order valence-electron chi connectivity index (χ0n) is 9.71. The number of ether oxygens (including phenoxy) is 1. The number of hydrogen-bond donors (Lipinski definition) is 2. The lowest BCUT2D eigenvalue weighted by Gasteiger charge is -2.09. The largest absolute Gasteiger partial charge is 0.494 e. The van der Waals surface area contributed by atoms with E-state index in [1.807, 2.05) is 0 Å². The van der Waals surface area contributed by atoms with Gasteiger partial charge in [-0.05, 0) is 6.07 Å². The molecule has 2 N–H and O–H groups in total. The molecular weight excluding hydrogens is 236 g/mol. The summed E-state index contributed by atoms with van der Waals surface area (Å²) in [6.45, 7) is 0.487. The number of imidazole rings is 1. The van der Waals surface area contributed by atoms with Crippen LogP contribution in [0.2, 0.25) is 0 Å². The van der Waals surface area contributed by atoms with Crippen LogP contribution in [0.3, 0.4) is 0 Å². The van der Waals surface area contributed by atoms with E-state index in [2.05, 4.69) is 15.3 Å². The predicted molar refractivity (Wildman–Crippen MR) is 65.6 cm³/mol. The van der Waals surface area contributed by atoms with Gasteiger partial charge in [-0.15, -0.1) is 0 Å². The monoisotopic (exact) mass is 248 g/mol. The van der Waals surface area contributed by atoms with Crippen LogP contribution in [0.4, 0.5) is 11.4 Å². The molecular formula is C11H12N4O3. The molecule has 2 aromatic rings. The Morgan fingerprint density at radius 3 is 3.00 bits per heavy atom. The molecule has 0 saturated heterocycles. The fourth-order valence-corrected chi connectivity index (χ4v) is 1.51. The molecule has 7 nitrogen and oxygen atoms in total. The zero-order valence-corrected chi connectivity index (χ0v) is 9.71. The first kappa shape index (κ1) is 11.9. The summed E-state index contributed by atoms with van der Waals surface area (Å²) in [5.41, 5.74) is 0.676. The average Bonchev–Trinajstić information content (AvgIpc) is 2.89. The fourth-order valence-electron chi connectivity index (χ4n) is 1.51. The number of nitrogens with one attached hydrogen (secondary N) is 2. The minimum atomic E-state index is -0.459. The van der Waals surface area contributed by atoms with Gasteiger partial charge in [0.15, 0.2) is 0 Å². The summed E-state index contributed by atoms with van der Waals surface area (Å²) in [6.07, 6.45) is 3.38. The van der Waals surface area contributed by atoms with Crippen LogP contribution in [0.1, 0.15) is 5.82 Å². The molecule has 94 valence electrons. The number of hydrogen-bond acceptors (Lipinski definition) is 5. The van der Waals surface area contributed by atoms with Gasteiger partial charge in [0.25, 0.3) is 5.69 Å². The van der Waals surface area contributed by atoms with Crippen molar-refractivity contribution in [3.8, 4) is 5.75 Å². The molecule has 0 radical (unpaired) electrons. The van der Waals surface area contributed by atoms with Gasteiger partial charge < -0.3 is 15.0 Å². The SMILES string of the molecule is COc1cc([N+](=O)[O-])ccc1NCc1ncc[nH]1. The summed E-state index contributed by atoms with van der Waals surface area (Å²) in [6, 6.07) is 4.41. The van der Waals surface area contributed by atoms with Gasteiger partial charge in [0.1, 0.15) is 11.6 Å². The van der Waals surface area contributed by atoms with Crippen molar-refractivity contribution >= 4 is 11.4 Å². The Labute approximate surface area is 103 Å². The number of non-ortho nitro benzene ring substituents is 1. The van der Waals surface area contributed by atoms with Crippen molar-refractivity contribution in [3.63, 3.8) is 0 Å². The smallest absolute Gasteiger partial charge is 0.273 e. The van der Waals surface area contributed by atoms with Gasteiger partial charge in [0.05, 0.1) is 30.3 Å². The molecule has 0 bridgehead atoms. The second-order valence-corrected chi connectivity index (χ2v) is 3.53. The number of nitro groups is 1. The zero-order chi connectivity index (χ0) is 13.0. The number of aromatic amines is 1. The topological polar surface area (TPSA) is 93.1 Å². The first-order chi connectivity index (χ1) is 8.70. The van der Waals surface area contributed by atoms with Crippen molar-refractivity contribution in [3.05, 3.63) is 46.5 Å². The second kappa shape index (κ2) is 5.17. The lowest BCUT2D eigenvalue weighted by atomic mass is 10.2. The van der Waals surface area contributed by atoms with Crippen LogP contribution in [0.25, 0.3) is 0 Å². The highest BCUT2D eigenvalue weighted by atomic mass is 16.6. The van der Waals surface area contributed by atoms with Gasteiger partial charge in [-0.3, -0.25) is 10.1 Å². The quantitative estimate of drug-likeness (QED) is 0.623. The molecule has 1 aromatic carbocycles. The Balaban J connectivity index is 2.14. The maximum Gasteiger partial charge on any atom is 0.273 e. The standard InChI is InChI=1S/C11H12N4O3/c1-18-10-6-8(15(16)17)2-3-9(10)14-7-11-12-4-5-13-11/h2-6,14H,7H2,1H3,(H,12,13). The number of methoxy groups -OCH3 is 1. The molecule has 0 aliphatic carbocycles. The number of rotatable bonds is 5. The van der Waals surface area contributed by atoms with E-state index < -0.39 is 4.92 Å². The molecule has 7 heteroatoms. The second-order valence-electron chi connectivity index (χ2n) is 3.53. The van der Waals surface area contributed by atoms with Crippen LogP contribution in [0, 0.1) is 10.1 Å². The molecule has 0 aliphatic rings. The van der Waals surface area contributed by atoms with E-state index in [0.717, 1.165) is 5.82 Å². The minimum Gasteiger partial charge on any atom is -0.494 e. The number of anilines is 1. The Bertz CT molecular complexity index is 539. The lowest BCUT2D eigenvalue weighted by Crippen LogP contribution is -2.03. The Hall–Kier alpha value is -2.57. The molecule has 0 aliphatic heterocycles. The van der Waals surface area contributed by atoms with E-state index in [1.54, 1.807) is 18.5 Å². The maximum absolute atomic E-state index is 10.6. The van der Waals surface area contributed by atoms with E-state index in [9.17, 15) is 10.1 Å². The van der Waals surface area contributed by atoms with Crippen molar-refractivity contribution < 1.29 is 9.66 Å². The van der Waals surface area contributed by atoms with Crippen molar-refractivity contribution in [2.75, 3.05) is 12.4 Å². The van der Waals surface area contributed by atoms with Crippen molar-refractivity contribution in [1.29, 1.82) is 0 Å². The van der Waals surface area contributed by atoms with Gasteiger partial charge in [-0.2, -0.15) is 0 Å². The molecule has 0 saturated carbocycles. The predicted octanol–water partition coefficient (Wildman–Crippen LogP) is 1.94. The van der Waals surface area contributed by atoms with Gasteiger partial charge in [0, 0.05) is 18.5 Å². The number of nitrogens with zero attached hydrogens (tertiary/aromatic N) is 2. The number of aromatic nitrogens is 2. The molecule has 18 heavy (non-hydrogen) atoms. The molecule has 0 unspecified atom stereocenters. The summed E-state index contributed by atoms with van der Waals surface area (Å²) in [5.74, 6) is 1.20. The van der Waals surface area contributed by atoms with E-state index in [-0.39, 0.29) is 5.69 Å². The third kappa shape index (κ3) is 2.57. The summed E-state index contributed by atoms with van der Waals surface area (Å²) < 4.78 is 5.11. The summed E-state index contributed by atoms with van der Waals surface area (Å²) in [5, 5.41) is 13.7. The highest BCUT2D eigenvalue weighted by Crippen LogP contribution is 2.29. The van der Waals surface area contributed by atoms with Crippen molar-refractivity contribution in [2.45, 2.75) is 6.54 Å². The van der Waals surface area contributed by atoms with Crippen LogP contribution >= 0.6 is 0 Å². The van der Waals surface area contributed by atoms with Gasteiger partial charge in [0.2, 0.25) is 0 Å². The summed E-state index contributed by atoms with van der Waals surface area (Å²) >= 11 is 0. The summed E-state index contributed by atoms with van der Waals surface area (Å²) in [4.78, 5) is 17.2. The number of benzene rings is 1. The van der Waals surface area contributed by atoms with E-state index in [1.165, 1.54) is 19.2 Å². The molecule has 0 atom stereocenters. The summed E-state index contributed by atoms with van der Waals surface area (Å²) in [7, 11) is 1.47. The highest BCUT2D eigenvalue weighted by Gasteiger charge is 2.11. The van der Waals surface area contributed by atoms with Crippen molar-refractivity contribution in [2.24, 2.45) is 0 Å². The van der Waals surface area contributed by atoms with E-state index in [0.29, 0.717) is 18.0 Å². The Morgan fingerprint density at radius 2 is 2.39 bits per heavy atom. The Kier molecular flexibility index (Phi) is 3.42. The number of nitro benzene ring substituents is 1. The van der Waals surface area contributed by atoms with Crippen LogP contribution in [0.15, 0.2) is 30.6 Å². The van der Waals surface area contributed by atoms with Crippen LogP contribution in [-0.2, 0) is 6.54 Å². The van der Waals surface area contributed by atoms with Crippen LogP contribution in [0.5, 0.6) is 5.75 Å². The molecule has 2 rings (SSSR count). The average molecular weight is 248 g/mol. The van der Waals surface area contributed by atoms with Crippen LogP contribution in [-0.4, -0.2) is 22.0 Å². The van der Waals surface area contributed by atoms with Crippen molar-refractivity contribution in [1.82, 2.24) is 9.97 Å². The first-order valence-corrected chi connectivity index (χ1v) is 5.25. The van der Waals surface area contributed by atoms with E-state index in [4.69, 9.17) is 4.74 Å². The maximum atomic E-state index is 10.6. The molecule has 0 amide bonds. The fraction of sp³-hybridized carbons (Fsp3) is 0.182. The minimum absolute atomic E-state index is 0.00426. The lowest BCUT2D eigenvalue weighted by molar-refractivity contribution is -0.384. The van der Waals surface area contributed by atoms with Gasteiger partial charge >= 0.3 is 0 Å². The Morgan fingerprint density at radius 1 is 1.56 bits per heavy atom.